The molecule has 46 heavy (non-hydrogen) atoms. The molecular weight excluding hydrogens is 556 g/mol. The number of aromatic nitrogens is 2. The van der Waals surface area contributed by atoms with Gasteiger partial charge in [0.15, 0.2) is 0 Å². The number of para-hydroxylation sites is 2. The van der Waals surface area contributed by atoms with Gasteiger partial charge in [0.1, 0.15) is 0 Å². The topological polar surface area (TPSA) is 25.8 Å². The lowest BCUT2D eigenvalue weighted by molar-refractivity contribution is 1.08. The van der Waals surface area contributed by atoms with Crippen LogP contribution in [0.1, 0.15) is 65.8 Å². The first-order valence-corrected chi connectivity index (χ1v) is 17.0. The van der Waals surface area contributed by atoms with Crippen LogP contribution in [0.3, 0.4) is 0 Å². The van der Waals surface area contributed by atoms with Crippen LogP contribution in [-0.2, 0) is 12.8 Å². The molecule has 0 unspecified atom stereocenters. The van der Waals surface area contributed by atoms with Gasteiger partial charge < -0.3 is 0 Å². The summed E-state index contributed by atoms with van der Waals surface area (Å²) in [5, 5.41) is 12.9. The van der Waals surface area contributed by atoms with Crippen LogP contribution in [0.25, 0.3) is 64.9 Å². The molecule has 0 N–H and O–H groups in total. The normalized spacial score (nSPS) is 10.7. The molecule has 8 rings (SSSR count). The Kier molecular flexibility index (Phi) is 10.9. The number of nitrogens with zero attached hydrogens (tertiary/aromatic N) is 2. The molecule has 0 spiro atoms. The predicted octanol–water partition coefficient (Wildman–Crippen LogP) is 13.0. The lowest BCUT2D eigenvalue weighted by Crippen LogP contribution is -1.92. The molecule has 2 heterocycles. The van der Waals surface area contributed by atoms with E-state index in [9.17, 15) is 0 Å². The van der Waals surface area contributed by atoms with Crippen LogP contribution in [0.4, 0.5) is 0 Å². The van der Waals surface area contributed by atoms with Crippen LogP contribution in [0.15, 0.2) is 121 Å². The number of benzene rings is 6. The number of aryl methyl sites for hydroxylation is 2. The largest absolute Gasteiger partial charge is 0.252 e. The molecule has 0 aliphatic rings. The lowest BCUT2D eigenvalue weighted by Gasteiger charge is -2.11. The zero-order valence-electron chi connectivity index (χ0n) is 28.3. The van der Waals surface area contributed by atoms with Crippen molar-refractivity contribution in [3.63, 3.8) is 0 Å². The Balaban J connectivity index is 0.000000155. The maximum Gasteiger partial charge on any atom is 0.0712 e. The molecule has 2 nitrogen and oxygen atoms in total. The fourth-order valence-corrected chi connectivity index (χ4v) is 6.04. The molecule has 0 bridgehead atoms. The second-order valence-corrected chi connectivity index (χ2v) is 11.7. The maximum atomic E-state index is 4.83. The summed E-state index contributed by atoms with van der Waals surface area (Å²) in [7, 11) is 0. The monoisotopic (exact) mass is 602 g/mol. The Morgan fingerprint density at radius 1 is 0.370 bits per heavy atom. The minimum atomic E-state index is 0.958. The van der Waals surface area contributed by atoms with Gasteiger partial charge in [0.25, 0.3) is 0 Å². The van der Waals surface area contributed by atoms with E-state index >= 15 is 0 Å². The zero-order chi connectivity index (χ0) is 32.5. The van der Waals surface area contributed by atoms with Gasteiger partial charge in [0, 0.05) is 38.3 Å². The number of hydrogen-bond donors (Lipinski definition) is 0. The first kappa shape index (κ1) is 32.6. The molecule has 232 valence electrons. The van der Waals surface area contributed by atoms with E-state index in [1.165, 1.54) is 78.1 Å². The van der Waals surface area contributed by atoms with Gasteiger partial charge in [-0.2, -0.15) is 0 Å². The molecule has 0 saturated carbocycles. The van der Waals surface area contributed by atoms with E-state index in [2.05, 4.69) is 163 Å². The summed E-state index contributed by atoms with van der Waals surface area (Å²) < 4.78 is 0. The van der Waals surface area contributed by atoms with E-state index in [0.29, 0.717) is 0 Å². The van der Waals surface area contributed by atoms with Crippen molar-refractivity contribution in [2.75, 3.05) is 0 Å². The minimum Gasteiger partial charge on any atom is -0.252 e. The van der Waals surface area contributed by atoms with Crippen LogP contribution in [0.2, 0.25) is 0 Å². The van der Waals surface area contributed by atoms with Gasteiger partial charge in [-0.25, -0.2) is 0 Å². The molecule has 0 atom stereocenters. The van der Waals surface area contributed by atoms with Crippen LogP contribution < -0.4 is 0 Å². The summed E-state index contributed by atoms with van der Waals surface area (Å²) >= 11 is 0. The molecule has 0 aliphatic heterocycles. The number of rotatable bonds is 2. The number of hydrogen-bond acceptors (Lipinski definition) is 2. The molecule has 0 fully saturated rings. The predicted molar refractivity (Wildman–Crippen MR) is 204 cm³/mol. The van der Waals surface area contributed by atoms with Gasteiger partial charge in [-0.15, -0.1) is 0 Å². The Morgan fingerprint density at radius 2 is 0.804 bits per heavy atom. The van der Waals surface area contributed by atoms with E-state index in [1.54, 1.807) is 0 Å². The first-order valence-electron chi connectivity index (χ1n) is 17.0. The van der Waals surface area contributed by atoms with Gasteiger partial charge >= 0.3 is 0 Å². The van der Waals surface area contributed by atoms with Crippen molar-refractivity contribution in [2.24, 2.45) is 0 Å². The Labute approximate surface area is 274 Å². The lowest BCUT2D eigenvalue weighted by atomic mass is 9.97. The molecule has 6 aromatic carbocycles. The van der Waals surface area contributed by atoms with Crippen LogP contribution in [0, 0.1) is 0 Å². The number of pyridine rings is 2. The second kappa shape index (κ2) is 15.5. The van der Waals surface area contributed by atoms with E-state index in [-0.39, 0.29) is 0 Å². The van der Waals surface area contributed by atoms with Crippen molar-refractivity contribution in [3.8, 4) is 0 Å². The first-order chi connectivity index (χ1) is 22.6. The van der Waals surface area contributed by atoms with Crippen molar-refractivity contribution in [2.45, 2.75) is 67.2 Å². The Morgan fingerprint density at radius 3 is 1.39 bits per heavy atom. The quantitative estimate of drug-likeness (QED) is 0.145. The van der Waals surface area contributed by atoms with E-state index in [0.717, 1.165) is 23.9 Å². The maximum absolute atomic E-state index is 4.83. The molecule has 2 aromatic heterocycles. The fraction of sp³-hybridized carbons (Fsp3) is 0.227. The molecule has 2 heteroatoms. The molecule has 8 aromatic rings. The summed E-state index contributed by atoms with van der Waals surface area (Å²) in [6.45, 7) is 12.8. The van der Waals surface area contributed by atoms with Crippen molar-refractivity contribution < 1.29 is 0 Å². The summed E-state index contributed by atoms with van der Waals surface area (Å²) in [4.78, 5) is 9.66. The molecule has 0 saturated heterocycles. The van der Waals surface area contributed by atoms with Gasteiger partial charge in [-0.05, 0) is 64.0 Å². The molecule has 0 radical (unpaired) electrons. The van der Waals surface area contributed by atoms with Crippen LogP contribution in [0.5, 0.6) is 0 Å². The smallest absolute Gasteiger partial charge is 0.0712 e. The zero-order valence-corrected chi connectivity index (χ0v) is 28.3. The Bertz CT molecular complexity index is 2190. The van der Waals surface area contributed by atoms with Crippen LogP contribution >= 0.6 is 0 Å². The second-order valence-electron chi connectivity index (χ2n) is 11.7. The molecule has 0 amide bonds. The summed E-state index contributed by atoms with van der Waals surface area (Å²) in [6, 6.07) is 43.0. The van der Waals surface area contributed by atoms with E-state index < -0.39 is 0 Å². The average Bonchev–Trinajstić information content (AvgIpc) is 3.10. The third-order valence-corrected chi connectivity index (χ3v) is 7.98. The van der Waals surface area contributed by atoms with Crippen molar-refractivity contribution in [1.29, 1.82) is 0 Å². The highest BCUT2D eigenvalue weighted by Crippen LogP contribution is 2.33. The summed E-state index contributed by atoms with van der Waals surface area (Å²) in [6.07, 6.45) is 4.42. The minimum absolute atomic E-state index is 0.958. The van der Waals surface area contributed by atoms with Crippen LogP contribution in [-0.4, -0.2) is 9.97 Å². The van der Waals surface area contributed by atoms with Gasteiger partial charge in [-0.1, -0.05) is 151 Å². The number of fused-ring (bicyclic) bond motifs is 9. The summed E-state index contributed by atoms with van der Waals surface area (Å²) in [5.74, 6) is 0. The highest BCUT2D eigenvalue weighted by molar-refractivity contribution is 6.20. The fourth-order valence-electron chi connectivity index (χ4n) is 6.04. The summed E-state index contributed by atoms with van der Waals surface area (Å²) in [5.41, 5.74) is 4.55. The van der Waals surface area contributed by atoms with E-state index in [4.69, 9.17) is 9.97 Å². The average molecular weight is 603 g/mol. The molecule has 0 aliphatic carbocycles. The SMILES string of the molecule is CCC.CCC.CCc1nc2ccccc2c2c1ccc1ccccc12.CCc1nc2ccccc2c2cc3ccccc3cc12. The molecular formula is C44H46N2. The van der Waals surface area contributed by atoms with Crippen molar-refractivity contribution >= 4 is 64.9 Å². The Hall–Kier alpha value is -4.82. The standard InChI is InChI=1S/2C19H15N.2C3H8/c1-2-18-17-12-14-8-4-3-7-13(14)11-16(17)15-9-5-6-10-19(15)20-18;1-2-17-16-12-11-13-7-3-4-8-14(13)19(16)15-9-5-6-10-18(15)20-17;2*1-3-2/h2*3-12H,2H2,1H3;2*3H2,1-2H3. The highest BCUT2D eigenvalue weighted by Gasteiger charge is 2.10. The van der Waals surface area contributed by atoms with E-state index in [1.807, 2.05) is 0 Å². The highest BCUT2D eigenvalue weighted by atomic mass is 14.7. The van der Waals surface area contributed by atoms with Gasteiger partial charge in [0.2, 0.25) is 0 Å². The van der Waals surface area contributed by atoms with Gasteiger partial charge in [0.05, 0.1) is 11.0 Å². The third-order valence-electron chi connectivity index (χ3n) is 7.98. The van der Waals surface area contributed by atoms with Gasteiger partial charge in [-0.3, -0.25) is 9.97 Å². The third kappa shape index (κ3) is 6.72. The van der Waals surface area contributed by atoms with Crippen molar-refractivity contribution in [1.82, 2.24) is 9.97 Å². The van der Waals surface area contributed by atoms with Crippen molar-refractivity contribution in [3.05, 3.63) is 133 Å².